The second kappa shape index (κ2) is 3.68. The third kappa shape index (κ3) is 1.23. The Labute approximate surface area is 111 Å². The second-order valence-electron chi connectivity index (χ2n) is 5.13. The normalized spacial score (nSPS) is 24.4. The molecule has 2 heterocycles. The van der Waals surface area contributed by atoms with Crippen molar-refractivity contribution in [3.05, 3.63) is 71.3 Å². The van der Waals surface area contributed by atoms with E-state index in [2.05, 4.69) is 23.5 Å². The van der Waals surface area contributed by atoms with Gasteiger partial charge in [-0.1, -0.05) is 42.5 Å². The summed E-state index contributed by atoms with van der Waals surface area (Å²) in [4.78, 5) is 14.6. The number of carbonyl (C=O) groups is 1. The molecule has 0 bridgehead atoms. The van der Waals surface area contributed by atoms with Crippen LogP contribution in [0.2, 0.25) is 0 Å². The summed E-state index contributed by atoms with van der Waals surface area (Å²) >= 11 is 0. The van der Waals surface area contributed by atoms with E-state index in [0.717, 1.165) is 24.2 Å². The zero-order valence-electron chi connectivity index (χ0n) is 10.5. The molecule has 2 N–H and O–H groups in total. The number of rotatable bonds is 1. The van der Waals surface area contributed by atoms with Crippen molar-refractivity contribution in [1.82, 2.24) is 4.90 Å². The van der Waals surface area contributed by atoms with Gasteiger partial charge in [-0.15, -0.1) is 0 Å². The number of benzene rings is 2. The molecule has 2 aliphatic rings. The van der Waals surface area contributed by atoms with Crippen LogP contribution in [0.15, 0.2) is 54.6 Å². The molecule has 19 heavy (non-hydrogen) atoms. The summed E-state index contributed by atoms with van der Waals surface area (Å²) in [5, 5.41) is 2.28. The van der Waals surface area contributed by atoms with Crippen molar-refractivity contribution in [2.24, 2.45) is 0 Å². The molecule has 0 radical (unpaired) electrons. The Morgan fingerprint density at radius 2 is 1.74 bits per heavy atom. The van der Waals surface area contributed by atoms with Crippen molar-refractivity contribution in [3.8, 4) is 0 Å². The molecule has 3 nitrogen and oxygen atoms in total. The summed E-state index contributed by atoms with van der Waals surface area (Å²) in [6, 6.07) is 18.3. The Bertz CT molecular complexity index is 653. The highest BCUT2D eigenvalue weighted by Crippen LogP contribution is 2.40. The van der Waals surface area contributed by atoms with Crippen LogP contribution >= 0.6 is 0 Å². The SMILES string of the molecule is O=C1c2ccccc2[C@]2(c3ccccc3)[NH2+]CCN12. The van der Waals surface area contributed by atoms with Crippen LogP contribution in [0.3, 0.4) is 0 Å². The lowest BCUT2D eigenvalue weighted by atomic mass is 9.91. The zero-order chi connectivity index (χ0) is 12.9. The van der Waals surface area contributed by atoms with Gasteiger partial charge in [-0.2, -0.15) is 0 Å². The molecule has 3 heteroatoms. The summed E-state index contributed by atoms with van der Waals surface area (Å²) in [6.45, 7) is 1.76. The highest BCUT2D eigenvalue weighted by molar-refractivity contribution is 6.00. The molecule has 94 valence electrons. The van der Waals surface area contributed by atoms with Gasteiger partial charge in [0.15, 0.2) is 0 Å². The predicted molar refractivity (Wildman–Crippen MR) is 71.5 cm³/mol. The van der Waals surface area contributed by atoms with Crippen LogP contribution in [0.5, 0.6) is 0 Å². The quantitative estimate of drug-likeness (QED) is 0.804. The van der Waals surface area contributed by atoms with Gasteiger partial charge in [0.05, 0.1) is 24.2 Å². The van der Waals surface area contributed by atoms with Gasteiger partial charge >= 0.3 is 0 Å². The van der Waals surface area contributed by atoms with Crippen LogP contribution in [0, 0.1) is 0 Å². The molecule has 1 amide bonds. The number of nitrogens with two attached hydrogens (primary N) is 1. The fourth-order valence-corrected chi connectivity index (χ4v) is 3.47. The lowest BCUT2D eigenvalue weighted by Crippen LogP contribution is -2.93. The number of hydrogen-bond donors (Lipinski definition) is 1. The summed E-state index contributed by atoms with van der Waals surface area (Å²) in [5.41, 5.74) is 2.83. The van der Waals surface area contributed by atoms with E-state index in [-0.39, 0.29) is 11.6 Å². The van der Waals surface area contributed by atoms with E-state index in [1.54, 1.807) is 0 Å². The van der Waals surface area contributed by atoms with Crippen LogP contribution in [0.25, 0.3) is 0 Å². The van der Waals surface area contributed by atoms with Crippen molar-refractivity contribution in [3.63, 3.8) is 0 Å². The van der Waals surface area contributed by atoms with E-state index in [4.69, 9.17) is 0 Å². The molecular formula is C16H15N2O+. The van der Waals surface area contributed by atoms with E-state index in [1.165, 1.54) is 5.56 Å². The minimum Gasteiger partial charge on any atom is -0.315 e. The average molecular weight is 251 g/mol. The number of fused-ring (bicyclic) bond motifs is 3. The van der Waals surface area contributed by atoms with Gasteiger partial charge in [0.1, 0.15) is 0 Å². The van der Waals surface area contributed by atoms with Gasteiger partial charge in [-0.05, 0) is 12.1 Å². The first-order chi connectivity index (χ1) is 9.34. The largest absolute Gasteiger partial charge is 0.315 e. The molecule has 0 saturated carbocycles. The molecule has 0 spiro atoms. The van der Waals surface area contributed by atoms with E-state index in [1.807, 2.05) is 41.3 Å². The Morgan fingerprint density at radius 3 is 2.58 bits per heavy atom. The lowest BCUT2D eigenvalue weighted by Gasteiger charge is -2.29. The Hall–Kier alpha value is -2.13. The van der Waals surface area contributed by atoms with E-state index < -0.39 is 0 Å². The molecule has 0 unspecified atom stereocenters. The minimum atomic E-state index is -0.338. The molecule has 2 aliphatic heterocycles. The number of hydrogen-bond acceptors (Lipinski definition) is 1. The van der Waals surface area contributed by atoms with Crippen LogP contribution in [0.1, 0.15) is 21.5 Å². The van der Waals surface area contributed by atoms with Gasteiger partial charge < -0.3 is 5.32 Å². The topological polar surface area (TPSA) is 36.9 Å². The summed E-state index contributed by atoms with van der Waals surface area (Å²) < 4.78 is 0. The lowest BCUT2D eigenvalue weighted by molar-refractivity contribution is -0.716. The Morgan fingerprint density at radius 1 is 1.00 bits per heavy atom. The van der Waals surface area contributed by atoms with Gasteiger partial charge in [0.2, 0.25) is 5.66 Å². The molecule has 0 aromatic heterocycles. The Balaban J connectivity index is 2.02. The fourth-order valence-electron chi connectivity index (χ4n) is 3.47. The van der Waals surface area contributed by atoms with Crippen LogP contribution in [-0.4, -0.2) is 23.9 Å². The zero-order valence-corrected chi connectivity index (χ0v) is 10.5. The van der Waals surface area contributed by atoms with E-state index in [0.29, 0.717) is 0 Å². The van der Waals surface area contributed by atoms with Crippen LogP contribution < -0.4 is 5.32 Å². The van der Waals surface area contributed by atoms with Crippen molar-refractivity contribution in [2.75, 3.05) is 13.1 Å². The molecule has 1 atom stereocenters. The van der Waals surface area contributed by atoms with Gasteiger partial charge in [0.25, 0.3) is 5.91 Å². The first-order valence-electron chi connectivity index (χ1n) is 6.65. The monoisotopic (exact) mass is 251 g/mol. The first-order valence-corrected chi connectivity index (χ1v) is 6.65. The summed E-state index contributed by atoms with van der Waals surface area (Å²) in [6.07, 6.45) is 0. The third-order valence-corrected chi connectivity index (χ3v) is 4.25. The van der Waals surface area contributed by atoms with Crippen LogP contribution in [-0.2, 0) is 5.66 Å². The second-order valence-corrected chi connectivity index (χ2v) is 5.13. The molecule has 2 aromatic carbocycles. The molecule has 2 aromatic rings. The van der Waals surface area contributed by atoms with Crippen molar-refractivity contribution >= 4 is 5.91 Å². The number of amides is 1. The maximum Gasteiger partial charge on any atom is 0.259 e. The van der Waals surface area contributed by atoms with E-state index >= 15 is 0 Å². The van der Waals surface area contributed by atoms with Crippen molar-refractivity contribution in [1.29, 1.82) is 0 Å². The van der Waals surface area contributed by atoms with Crippen LogP contribution in [0.4, 0.5) is 0 Å². The highest BCUT2D eigenvalue weighted by Gasteiger charge is 2.57. The first kappa shape index (κ1) is 10.8. The van der Waals surface area contributed by atoms with Gasteiger partial charge in [-0.25, -0.2) is 0 Å². The molecule has 1 saturated heterocycles. The van der Waals surface area contributed by atoms with Gasteiger partial charge in [-0.3, -0.25) is 9.69 Å². The minimum absolute atomic E-state index is 0.160. The number of carbonyl (C=O) groups excluding carboxylic acids is 1. The third-order valence-electron chi connectivity index (χ3n) is 4.25. The molecule has 1 fully saturated rings. The molecular weight excluding hydrogens is 236 g/mol. The maximum absolute atomic E-state index is 12.6. The maximum atomic E-state index is 12.6. The predicted octanol–water partition coefficient (Wildman–Crippen LogP) is 0.920. The number of quaternary nitrogens is 1. The smallest absolute Gasteiger partial charge is 0.259 e. The summed E-state index contributed by atoms with van der Waals surface area (Å²) in [7, 11) is 0. The number of nitrogens with zero attached hydrogens (tertiary/aromatic N) is 1. The Kier molecular flexibility index (Phi) is 2.09. The summed E-state index contributed by atoms with van der Waals surface area (Å²) in [5.74, 6) is 0.160. The fraction of sp³-hybridized carbons (Fsp3) is 0.188. The van der Waals surface area contributed by atoms with Gasteiger partial charge in [0, 0.05) is 5.56 Å². The van der Waals surface area contributed by atoms with E-state index in [9.17, 15) is 4.79 Å². The molecule has 4 rings (SSSR count). The molecule has 0 aliphatic carbocycles. The van der Waals surface area contributed by atoms with Crippen molar-refractivity contribution < 1.29 is 10.1 Å². The van der Waals surface area contributed by atoms with Crippen molar-refractivity contribution in [2.45, 2.75) is 5.66 Å². The average Bonchev–Trinajstić information content (AvgIpc) is 3.01. The highest BCUT2D eigenvalue weighted by atomic mass is 16.2. The standard InChI is InChI=1S/C16H14N2O/c19-15-13-8-4-5-9-14(13)16(17-10-11-18(15)16)12-6-2-1-3-7-12/h1-9,17H,10-11H2/p+1/t16-/m1/s1.